The summed E-state index contributed by atoms with van der Waals surface area (Å²) in [5.74, 6) is 1.69. The molecule has 0 amide bonds. The summed E-state index contributed by atoms with van der Waals surface area (Å²) in [5.41, 5.74) is 2.61. The van der Waals surface area contributed by atoms with Crippen LogP contribution in [0.1, 0.15) is 37.9 Å². The van der Waals surface area contributed by atoms with E-state index in [-0.39, 0.29) is 0 Å². The van der Waals surface area contributed by atoms with Crippen LogP contribution < -0.4 is 10.1 Å². The maximum Gasteiger partial charge on any atom is 0.124 e. The first-order valence-corrected chi connectivity index (χ1v) is 6.07. The smallest absolute Gasteiger partial charge is 0.124 e. The first-order chi connectivity index (χ1) is 7.58. The Morgan fingerprint density at radius 3 is 2.75 bits per heavy atom. The van der Waals surface area contributed by atoms with Crippen LogP contribution in [0.25, 0.3) is 0 Å². The van der Waals surface area contributed by atoms with E-state index in [1.54, 1.807) is 0 Å². The fourth-order valence-electron chi connectivity index (χ4n) is 1.98. The van der Waals surface area contributed by atoms with E-state index < -0.39 is 0 Å². The number of ether oxygens (including phenoxy) is 1. The molecule has 1 aliphatic heterocycles. The first kappa shape index (κ1) is 11.5. The zero-order valence-corrected chi connectivity index (χ0v) is 10.6. The number of rotatable bonds is 3. The van der Waals surface area contributed by atoms with Crippen molar-refractivity contribution in [1.82, 2.24) is 5.32 Å². The summed E-state index contributed by atoms with van der Waals surface area (Å²) in [5, 5.41) is 3.64. The third-order valence-corrected chi connectivity index (χ3v) is 3.41. The molecule has 1 N–H and O–H groups in total. The second-order valence-corrected chi connectivity index (χ2v) is 5.10. The van der Waals surface area contributed by atoms with E-state index in [1.165, 1.54) is 11.1 Å². The fraction of sp³-hybridized carbons (Fsp3) is 0.571. The van der Waals surface area contributed by atoms with Crippen LogP contribution >= 0.6 is 0 Å². The molecule has 2 heteroatoms. The molecule has 0 bridgehead atoms. The van der Waals surface area contributed by atoms with E-state index in [0.717, 1.165) is 12.4 Å². The molecule has 0 fully saturated rings. The van der Waals surface area contributed by atoms with E-state index >= 15 is 0 Å². The SMILES string of the molecule is Cc1ccc2c(c1)C(NC(C)C(C)C)CO2. The molecule has 2 rings (SSSR count). The van der Waals surface area contributed by atoms with Crippen molar-refractivity contribution in [1.29, 1.82) is 0 Å². The largest absolute Gasteiger partial charge is 0.491 e. The van der Waals surface area contributed by atoms with E-state index in [0.29, 0.717) is 18.0 Å². The lowest BCUT2D eigenvalue weighted by Gasteiger charge is -2.21. The summed E-state index contributed by atoms with van der Waals surface area (Å²) < 4.78 is 5.68. The number of hydrogen-bond donors (Lipinski definition) is 1. The van der Waals surface area contributed by atoms with E-state index in [2.05, 4.69) is 51.2 Å². The Balaban J connectivity index is 2.14. The molecule has 1 aliphatic rings. The summed E-state index contributed by atoms with van der Waals surface area (Å²) in [7, 11) is 0. The third-order valence-electron chi connectivity index (χ3n) is 3.41. The average Bonchev–Trinajstić information content (AvgIpc) is 2.61. The maximum absolute atomic E-state index is 5.68. The number of aryl methyl sites for hydroxylation is 1. The molecular formula is C14H21NO. The molecule has 0 saturated heterocycles. The highest BCUT2D eigenvalue weighted by atomic mass is 16.5. The molecule has 1 aromatic carbocycles. The number of fused-ring (bicyclic) bond motifs is 1. The van der Waals surface area contributed by atoms with Crippen LogP contribution in [-0.2, 0) is 0 Å². The van der Waals surface area contributed by atoms with Crippen LogP contribution in [0.2, 0.25) is 0 Å². The van der Waals surface area contributed by atoms with Crippen molar-refractivity contribution in [2.45, 2.75) is 39.8 Å². The number of hydrogen-bond acceptors (Lipinski definition) is 2. The van der Waals surface area contributed by atoms with Gasteiger partial charge < -0.3 is 10.1 Å². The summed E-state index contributed by atoms with van der Waals surface area (Å²) in [6.45, 7) is 9.60. The van der Waals surface area contributed by atoms with Gasteiger partial charge in [0, 0.05) is 11.6 Å². The zero-order valence-electron chi connectivity index (χ0n) is 10.6. The normalized spacial score (nSPS) is 20.7. The molecule has 2 unspecified atom stereocenters. The van der Waals surface area contributed by atoms with Gasteiger partial charge in [0.2, 0.25) is 0 Å². The van der Waals surface area contributed by atoms with Crippen LogP contribution in [0.3, 0.4) is 0 Å². The van der Waals surface area contributed by atoms with E-state index in [9.17, 15) is 0 Å². The molecule has 0 spiro atoms. The van der Waals surface area contributed by atoms with Crippen LogP contribution in [0.5, 0.6) is 5.75 Å². The van der Waals surface area contributed by atoms with E-state index in [4.69, 9.17) is 4.74 Å². The van der Waals surface area contributed by atoms with Crippen molar-refractivity contribution in [2.75, 3.05) is 6.61 Å². The fourth-order valence-corrected chi connectivity index (χ4v) is 1.98. The Labute approximate surface area is 98.0 Å². The second kappa shape index (κ2) is 4.46. The average molecular weight is 219 g/mol. The maximum atomic E-state index is 5.68. The minimum Gasteiger partial charge on any atom is -0.491 e. The summed E-state index contributed by atoms with van der Waals surface area (Å²) >= 11 is 0. The van der Waals surface area contributed by atoms with Gasteiger partial charge in [-0.25, -0.2) is 0 Å². The van der Waals surface area contributed by atoms with Gasteiger partial charge in [0.15, 0.2) is 0 Å². The van der Waals surface area contributed by atoms with Gasteiger partial charge in [-0.15, -0.1) is 0 Å². The van der Waals surface area contributed by atoms with Gasteiger partial charge in [-0.05, 0) is 25.8 Å². The summed E-state index contributed by atoms with van der Waals surface area (Å²) in [6, 6.07) is 7.28. The third kappa shape index (κ3) is 2.22. The molecule has 1 aromatic rings. The van der Waals surface area contributed by atoms with Gasteiger partial charge in [0.25, 0.3) is 0 Å². The molecule has 0 aliphatic carbocycles. The Kier molecular flexibility index (Phi) is 3.20. The standard InChI is InChI=1S/C14H21NO/c1-9(2)11(4)15-13-8-16-14-6-5-10(3)7-12(13)14/h5-7,9,11,13,15H,8H2,1-4H3. The summed E-state index contributed by atoms with van der Waals surface area (Å²) in [6.07, 6.45) is 0. The molecule has 88 valence electrons. The molecular weight excluding hydrogens is 198 g/mol. The van der Waals surface area contributed by atoms with Crippen LogP contribution in [-0.4, -0.2) is 12.6 Å². The molecule has 1 heterocycles. The lowest BCUT2D eigenvalue weighted by molar-refractivity contribution is 0.285. The molecule has 2 nitrogen and oxygen atoms in total. The highest BCUT2D eigenvalue weighted by molar-refractivity contribution is 5.42. The van der Waals surface area contributed by atoms with Crippen LogP contribution in [0.4, 0.5) is 0 Å². The quantitative estimate of drug-likeness (QED) is 0.843. The van der Waals surface area contributed by atoms with Crippen molar-refractivity contribution < 1.29 is 4.74 Å². The van der Waals surface area contributed by atoms with Crippen molar-refractivity contribution in [3.05, 3.63) is 29.3 Å². The monoisotopic (exact) mass is 219 g/mol. The van der Waals surface area contributed by atoms with Crippen molar-refractivity contribution >= 4 is 0 Å². The highest BCUT2D eigenvalue weighted by Crippen LogP contribution is 2.33. The molecule has 0 aromatic heterocycles. The first-order valence-electron chi connectivity index (χ1n) is 6.07. The van der Waals surface area contributed by atoms with Gasteiger partial charge in [0.05, 0.1) is 6.04 Å². The van der Waals surface area contributed by atoms with Crippen molar-refractivity contribution in [3.8, 4) is 5.75 Å². The Morgan fingerprint density at radius 1 is 1.31 bits per heavy atom. The number of benzene rings is 1. The van der Waals surface area contributed by atoms with Gasteiger partial charge in [-0.1, -0.05) is 31.5 Å². The lowest BCUT2D eigenvalue weighted by Crippen LogP contribution is -2.35. The lowest BCUT2D eigenvalue weighted by atomic mass is 10.0. The molecule has 0 saturated carbocycles. The summed E-state index contributed by atoms with van der Waals surface area (Å²) in [4.78, 5) is 0. The van der Waals surface area contributed by atoms with Crippen molar-refractivity contribution in [2.24, 2.45) is 5.92 Å². The second-order valence-electron chi connectivity index (χ2n) is 5.10. The zero-order chi connectivity index (χ0) is 11.7. The molecule has 0 radical (unpaired) electrons. The predicted molar refractivity (Wildman–Crippen MR) is 66.9 cm³/mol. The van der Waals surface area contributed by atoms with Crippen LogP contribution in [0.15, 0.2) is 18.2 Å². The van der Waals surface area contributed by atoms with Gasteiger partial charge >= 0.3 is 0 Å². The van der Waals surface area contributed by atoms with Gasteiger partial charge in [-0.2, -0.15) is 0 Å². The van der Waals surface area contributed by atoms with Crippen LogP contribution in [0, 0.1) is 12.8 Å². The Morgan fingerprint density at radius 2 is 2.06 bits per heavy atom. The van der Waals surface area contributed by atoms with E-state index in [1.807, 2.05) is 0 Å². The topological polar surface area (TPSA) is 21.3 Å². The Hall–Kier alpha value is -1.02. The number of nitrogens with one attached hydrogen (secondary N) is 1. The minimum atomic E-state index is 0.354. The Bertz CT molecular complexity index is 373. The predicted octanol–water partition coefficient (Wildman–Crippen LogP) is 3.06. The highest BCUT2D eigenvalue weighted by Gasteiger charge is 2.25. The van der Waals surface area contributed by atoms with Crippen molar-refractivity contribution in [3.63, 3.8) is 0 Å². The molecule has 2 atom stereocenters. The van der Waals surface area contributed by atoms with Gasteiger partial charge in [-0.3, -0.25) is 0 Å². The molecule has 16 heavy (non-hydrogen) atoms. The minimum absolute atomic E-state index is 0.354. The van der Waals surface area contributed by atoms with Gasteiger partial charge in [0.1, 0.15) is 12.4 Å².